The third-order valence-electron chi connectivity index (χ3n) is 1.64. The molecule has 1 amide bonds. The van der Waals surface area contributed by atoms with Crippen molar-refractivity contribution in [3.63, 3.8) is 0 Å². The van der Waals surface area contributed by atoms with Gasteiger partial charge in [-0.25, -0.2) is 15.6 Å². The Labute approximate surface area is 91.5 Å². The van der Waals surface area contributed by atoms with Gasteiger partial charge in [0.25, 0.3) is 0 Å². The van der Waals surface area contributed by atoms with E-state index in [0.29, 0.717) is 13.2 Å². The summed E-state index contributed by atoms with van der Waals surface area (Å²) in [5.41, 5.74) is -0.528. The number of hydrazine groups is 1. The van der Waals surface area contributed by atoms with Crippen LogP contribution in [0.2, 0.25) is 0 Å². The number of carbonyl (C=O) groups excluding carboxylic acids is 1. The van der Waals surface area contributed by atoms with Gasteiger partial charge in [0.05, 0.1) is 12.6 Å². The van der Waals surface area contributed by atoms with Crippen LogP contribution in [0, 0.1) is 0 Å². The van der Waals surface area contributed by atoms with Gasteiger partial charge in [-0.2, -0.15) is 0 Å². The average molecular weight is 218 g/mol. The molecule has 5 heteroatoms. The maximum Gasteiger partial charge on any atom is 0.424 e. The van der Waals surface area contributed by atoms with E-state index in [-0.39, 0.29) is 6.04 Å². The predicted octanol–water partition coefficient (Wildman–Crippen LogP) is 1.52. The Bertz CT molecular complexity index is 201. The first kappa shape index (κ1) is 14.2. The van der Waals surface area contributed by atoms with Gasteiger partial charge in [0.15, 0.2) is 0 Å². The Balaban J connectivity index is 4.08. The van der Waals surface area contributed by atoms with Gasteiger partial charge in [0, 0.05) is 6.61 Å². The van der Waals surface area contributed by atoms with Crippen LogP contribution in [0.4, 0.5) is 4.79 Å². The van der Waals surface area contributed by atoms with Gasteiger partial charge in [0.2, 0.25) is 0 Å². The van der Waals surface area contributed by atoms with Crippen LogP contribution in [0.15, 0.2) is 0 Å². The van der Waals surface area contributed by atoms with Crippen molar-refractivity contribution in [3.05, 3.63) is 0 Å². The molecule has 0 saturated heterocycles. The highest BCUT2D eigenvalue weighted by Crippen LogP contribution is 2.09. The highest BCUT2D eigenvalue weighted by atomic mass is 16.6. The molecule has 15 heavy (non-hydrogen) atoms. The van der Waals surface area contributed by atoms with E-state index in [0.717, 1.165) is 5.01 Å². The molecule has 1 atom stereocenters. The van der Waals surface area contributed by atoms with Crippen molar-refractivity contribution in [2.75, 3.05) is 13.2 Å². The SMILES string of the molecule is CCOCC(C)N(N)C(=O)OC(C)(C)C. The fraction of sp³-hybridized carbons (Fsp3) is 0.900. The summed E-state index contributed by atoms with van der Waals surface area (Å²) in [5, 5.41) is 1.06. The summed E-state index contributed by atoms with van der Waals surface area (Å²) < 4.78 is 10.3. The minimum Gasteiger partial charge on any atom is -0.443 e. The topological polar surface area (TPSA) is 64.8 Å². The molecule has 0 aliphatic carbocycles. The van der Waals surface area contributed by atoms with E-state index in [1.54, 1.807) is 27.7 Å². The fourth-order valence-electron chi connectivity index (χ4n) is 0.863. The van der Waals surface area contributed by atoms with Crippen molar-refractivity contribution in [1.82, 2.24) is 5.01 Å². The van der Waals surface area contributed by atoms with Crippen LogP contribution in [-0.4, -0.2) is 36.0 Å². The van der Waals surface area contributed by atoms with Crippen LogP contribution < -0.4 is 5.84 Å². The Hall–Kier alpha value is -0.810. The lowest BCUT2D eigenvalue weighted by molar-refractivity contribution is 0.00469. The third kappa shape index (κ3) is 6.30. The first-order valence-electron chi connectivity index (χ1n) is 5.12. The van der Waals surface area contributed by atoms with Crippen LogP contribution in [0.5, 0.6) is 0 Å². The smallest absolute Gasteiger partial charge is 0.424 e. The first-order valence-corrected chi connectivity index (χ1v) is 5.12. The van der Waals surface area contributed by atoms with Gasteiger partial charge in [-0.15, -0.1) is 0 Å². The molecule has 0 saturated carbocycles. The summed E-state index contributed by atoms with van der Waals surface area (Å²) in [6.45, 7) is 10.1. The standard InChI is InChI=1S/C10H22N2O3/c1-6-14-7-8(2)12(11)9(13)15-10(3,4)5/h8H,6-7,11H2,1-5H3. The average Bonchev–Trinajstić information content (AvgIpc) is 2.10. The molecular weight excluding hydrogens is 196 g/mol. The Morgan fingerprint density at radius 3 is 2.40 bits per heavy atom. The Morgan fingerprint density at radius 2 is 2.00 bits per heavy atom. The van der Waals surface area contributed by atoms with Gasteiger partial charge < -0.3 is 9.47 Å². The molecule has 90 valence electrons. The summed E-state index contributed by atoms with van der Waals surface area (Å²) in [5.74, 6) is 5.59. The number of amides is 1. The molecule has 0 heterocycles. The zero-order valence-electron chi connectivity index (χ0n) is 10.2. The molecule has 0 rings (SSSR count). The van der Waals surface area contributed by atoms with Gasteiger partial charge in [-0.3, -0.25) is 0 Å². The zero-order valence-corrected chi connectivity index (χ0v) is 10.2. The summed E-state index contributed by atoms with van der Waals surface area (Å²) >= 11 is 0. The van der Waals surface area contributed by atoms with Crippen LogP contribution in [0.3, 0.4) is 0 Å². The summed E-state index contributed by atoms with van der Waals surface area (Å²) in [7, 11) is 0. The van der Waals surface area contributed by atoms with E-state index in [9.17, 15) is 4.79 Å². The second kappa shape index (κ2) is 5.92. The number of carbonyl (C=O) groups is 1. The van der Waals surface area contributed by atoms with Crippen molar-refractivity contribution in [1.29, 1.82) is 0 Å². The fourth-order valence-corrected chi connectivity index (χ4v) is 0.863. The van der Waals surface area contributed by atoms with Crippen LogP contribution in [0.1, 0.15) is 34.6 Å². The first-order chi connectivity index (χ1) is 6.78. The zero-order chi connectivity index (χ0) is 12.1. The molecule has 2 N–H and O–H groups in total. The number of ether oxygens (including phenoxy) is 2. The molecule has 5 nitrogen and oxygen atoms in total. The molecule has 0 fully saturated rings. The summed E-state index contributed by atoms with van der Waals surface area (Å²) in [6.07, 6.45) is -0.533. The largest absolute Gasteiger partial charge is 0.443 e. The van der Waals surface area contributed by atoms with Gasteiger partial charge >= 0.3 is 6.09 Å². The van der Waals surface area contributed by atoms with Gasteiger partial charge in [-0.1, -0.05) is 0 Å². The van der Waals surface area contributed by atoms with Crippen molar-refractivity contribution >= 4 is 6.09 Å². The normalized spacial score (nSPS) is 13.5. The molecule has 0 aliphatic rings. The summed E-state index contributed by atoms with van der Waals surface area (Å²) in [6, 6.07) is -0.195. The van der Waals surface area contributed by atoms with Crippen molar-refractivity contribution in [3.8, 4) is 0 Å². The molecule has 0 spiro atoms. The molecule has 0 radical (unpaired) electrons. The summed E-state index contributed by atoms with van der Waals surface area (Å²) in [4.78, 5) is 11.5. The lowest BCUT2D eigenvalue weighted by atomic mass is 10.2. The lowest BCUT2D eigenvalue weighted by Gasteiger charge is -2.27. The van der Waals surface area contributed by atoms with Crippen molar-refractivity contribution < 1.29 is 14.3 Å². The molecule has 0 aromatic heterocycles. The molecule has 0 aromatic carbocycles. The Morgan fingerprint density at radius 1 is 1.47 bits per heavy atom. The van der Waals surface area contributed by atoms with Gasteiger partial charge in [0.1, 0.15) is 5.60 Å². The number of rotatable bonds is 4. The van der Waals surface area contributed by atoms with E-state index in [1.165, 1.54) is 0 Å². The number of hydrogen-bond acceptors (Lipinski definition) is 4. The van der Waals surface area contributed by atoms with Crippen LogP contribution >= 0.6 is 0 Å². The van der Waals surface area contributed by atoms with E-state index in [2.05, 4.69) is 0 Å². The van der Waals surface area contributed by atoms with Crippen molar-refractivity contribution in [2.45, 2.75) is 46.3 Å². The lowest BCUT2D eigenvalue weighted by Crippen LogP contribution is -2.48. The molecule has 0 aliphatic heterocycles. The molecule has 1 unspecified atom stereocenters. The minimum atomic E-state index is -0.533. The second-order valence-corrected chi connectivity index (χ2v) is 4.40. The molecular formula is C10H22N2O3. The Kier molecular flexibility index (Phi) is 5.60. The second-order valence-electron chi connectivity index (χ2n) is 4.40. The maximum atomic E-state index is 11.5. The highest BCUT2D eigenvalue weighted by Gasteiger charge is 2.23. The van der Waals surface area contributed by atoms with Crippen molar-refractivity contribution in [2.24, 2.45) is 5.84 Å². The van der Waals surface area contributed by atoms with E-state index in [4.69, 9.17) is 15.3 Å². The number of hydrogen-bond donors (Lipinski definition) is 1. The van der Waals surface area contributed by atoms with Crippen LogP contribution in [-0.2, 0) is 9.47 Å². The van der Waals surface area contributed by atoms with E-state index in [1.807, 2.05) is 6.92 Å². The predicted molar refractivity (Wildman–Crippen MR) is 58.2 cm³/mol. The van der Waals surface area contributed by atoms with Gasteiger partial charge in [-0.05, 0) is 34.6 Å². The quantitative estimate of drug-likeness (QED) is 0.441. The number of nitrogens with zero attached hydrogens (tertiary/aromatic N) is 1. The highest BCUT2D eigenvalue weighted by molar-refractivity contribution is 5.67. The molecule has 0 bridgehead atoms. The molecule has 0 aromatic rings. The third-order valence-corrected chi connectivity index (χ3v) is 1.64. The number of nitrogens with two attached hydrogens (primary N) is 1. The van der Waals surface area contributed by atoms with E-state index < -0.39 is 11.7 Å². The minimum absolute atomic E-state index is 0.195. The van der Waals surface area contributed by atoms with E-state index >= 15 is 0 Å². The van der Waals surface area contributed by atoms with Crippen LogP contribution in [0.25, 0.3) is 0 Å². The maximum absolute atomic E-state index is 11.5. The monoisotopic (exact) mass is 218 g/mol.